The number of rotatable bonds is 6. The first-order valence-corrected chi connectivity index (χ1v) is 12.1. The molecule has 5 N–H and O–H groups in total. The number of halogens is 2. The molecule has 1 unspecified atom stereocenters. The van der Waals surface area contributed by atoms with E-state index in [0.717, 1.165) is 16.7 Å². The SMILES string of the molecule is CC(C)c1cc(C2(c3c(Cl)cccc3Cl)Nc3ccc(C(=O)O)cc3N2)cc(C(C)C)c1C(N)=O. The fourth-order valence-electron chi connectivity index (χ4n) is 4.69. The molecule has 0 radical (unpaired) electrons. The van der Waals surface area contributed by atoms with Gasteiger partial charge in [-0.2, -0.15) is 0 Å². The highest BCUT2D eigenvalue weighted by Gasteiger charge is 2.44. The van der Waals surface area contributed by atoms with Gasteiger partial charge in [-0.3, -0.25) is 4.79 Å². The normalized spacial score (nSPS) is 16.7. The first-order valence-electron chi connectivity index (χ1n) is 11.3. The maximum absolute atomic E-state index is 12.5. The average molecular weight is 512 g/mol. The van der Waals surface area contributed by atoms with E-state index in [1.54, 1.807) is 30.3 Å². The Morgan fingerprint density at radius 1 is 0.886 bits per heavy atom. The van der Waals surface area contributed by atoms with E-state index in [-0.39, 0.29) is 17.4 Å². The highest BCUT2D eigenvalue weighted by atomic mass is 35.5. The molecule has 1 aliphatic rings. The zero-order chi connectivity index (χ0) is 25.7. The number of benzene rings is 3. The molecule has 1 amide bonds. The molecule has 0 bridgehead atoms. The minimum absolute atomic E-state index is 0.0103. The highest BCUT2D eigenvalue weighted by Crippen LogP contribution is 2.49. The molecule has 3 aromatic carbocycles. The number of fused-ring (bicyclic) bond motifs is 1. The summed E-state index contributed by atoms with van der Waals surface area (Å²) in [5.41, 5.74) is 9.65. The molecule has 35 heavy (non-hydrogen) atoms. The lowest BCUT2D eigenvalue weighted by Crippen LogP contribution is -2.41. The Hall–Kier alpha value is -3.22. The number of amides is 1. The second-order valence-electron chi connectivity index (χ2n) is 9.37. The van der Waals surface area contributed by atoms with Crippen LogP contribution in [-0.4, -0.2) is 17.0 Å². The number of aromatic carboxylic acids is 1. The van der Waals surface area contributed by atoms with Crippen LogP contribution in [0.2, 0.25) is 10.0 Å². The van der Waals surface area contributed by atoms with Crippen molar-refractivity contribution >= 4 is 46.5 Å². The lowest BCUT2D eigenvalue weighted by molar-refractivity contribution is 0.0696. The van der Waals surface area contributed by atoms with Crippen molar-refractivity contribution in [2.45, 2.75) is 45.2 Å². The Morgan fingerprint density at radius 3 is 1.91 bits per heavy atom. The van der Waals surface area contributed by atoms with Crippen molar-refractivity contribution in [3.05, 3.63) is 92.0 Å². The molecule has 1 aliphatic heterocycles. The van der Waals surface area contributed by atoms with Gasteiger partial charge < -0.3 is 21.5 Å². The van der Waals surface area contributed by atoms with Gasteiger partial charge in [-0.05, 0) is 53.3 Å². The van der Waals surface area contributed by atoms with Crippen molar-refractivity contribution in [1.82, 2.24) is 0 Å². The van der Waals surface area contributed by atoms with Crippen LogP contribution >= 0.6 is 23.2 Å². The topological polar surface area (TPSA) is 104 Å². The van der Waals surface area contributed by atoms with Crippen LogP contribution in [0.3, 0.4) is 0 Å². The van der Waals surface area contributed by atoms with Gasteiger partial charge in [-0.25, -0.2) is 4.79 Å². The minimum Gasteiger partial charge on any atom is -0.478 e. The van der Waals surface area contributed by atoms with Gasteiger partial charge in [0.25, 0.3) is 0 Å². The number of carbonyl (C=O) groups is 2. The maximum atomic E-state index is 12.5. The zero-order valence-electron chi connectivity index (χ0n) is 19.9. The lowest BCUT2D eigenvalue weighted by Gasteiger charge is -2.35. The van der Waals surface area contributed by atoms with E-state index in [9.17, 15) is 14.7 Å². The first kappa shape index (κ1) is 24.9. The average Bonchev–Trinajstić information content (AvgIpc) is 3.17. The number of hydrogen-bond acceptors (Lipinski definition) is 4. The number of nitrogens with one attached hydrogen (secondary N) is 2. The maximum Gasteiger partial charge on any atom is 0.335 e. The van der Waals surface area contributed by atoms with E-state index in [1.807, 2.05) is 39.8 Å². The Bertz CT molecular complexity index is 1300. The standard InChI is InChI=1S/C27H27Cl2N3O3/c1-13(2)17-11-16(12-18(14(3)4)23(17)25(30)33)27(24-19(28)6-5-7-20(24)29)31-21-9-8-15(26(34)35)10-22(21)32-27/h5-14,31-32H,1-4H3,(H2,30,33)(H,34,35). The lowest BCUT2D eigenvalue weighted by atomic mass is 9.81. The molecule has 182 valence electrons. The van der Waals surface area contributed by atoms with Crippen molar-refractivity contribution in [3.8, 4) is 0 Å². The second-order valence-corrected chi connectivity index (χ2v) is 10.2. The van der Waals surface area contributed by atoms with Gasteiger partial charge in [0.2, 0.25) is 5.91 Å². The highest BCUT2D eigenvalue weighted by molar-refractivity contribution is 6.36. The zero-order valence-corrected chi connectivity index (χ0v) is 21.4. The molecule has 0 aliphatic carbocycles. The van der Waals surface area contributed by atoms with Crippen LogP contribution in [0.15, 0.2) is 48.5 Å². The molecule has 6 nitrogen and oxygen atoms in total. The summed E-state index contributed by atoms with van der Waals surface area (Å²) in [4.78, 5) is 24.1. The van der Waals surface area contributed by atoms with Gasteiger partial charge in [0.1, 0.15) is 0 Å². The van der Waals surface area contributed by atoms with Crippen molar-refractivity contribution in [2.24, 2.45) is 5.73 Å². The largest absolute Gasteiger partial charge is 0.478 e. The van der Waals surface area contributed by atoms with Crippen LogP contribution in [0.5, 0.6) is 0 Å². The summed E-state index contributed by atoms with van der Waals surface area (Å²) in [7, 11) is 0. The van der Waals surface area contributed by atoms with Crippen LogP contribution in [0.1, 0.15) is 82.5 Å². The number of carbonyl (C=O) groups excluding carboxylic acids is 1. The van der Waals surface area contributed by atoms with E-state index in [2.05, 4.69) is 10.6 Å². The van der Waals surface area contributed by atoms with E-state index in [0.29, 0.717) is 32.5 Å². The number of anilines is 2. The van der Waals surface area contributed by atoms with Crippen LogP contribution in [0, 0.1) is 0 Å². The molecular formula is C27H27Cl2N3O3. The Morgan fingerprint density at radius 2 is 1.43 bits per heavy atom. The monoisotopic (exact) mass is 511 g/mol. The molecule has 0 fully saturated rings. The summed E-state index contributed by atoms with van der Waals surface area (Å²) in [6.45, 7) is 8.03. The third-order valence-corrected chi connectivity index (χ3v) is 7.00. The van der Waals surface area contributed by atoms with Crippen molar-refractivity contribution in [3.63, 3.8) is 0 Å². The first-order chi connectivity index (χ1) is 16.5. The predicted molar refractivity (Wildman–Crippen MR) is 141 cm³/mol. The van der Waals surface area contributed by atoms with Crippen molar-refractivity contribution in [1.29, 1.82) is 0 Å². The molecule has 4 rings (SSSR count). The summed E-state index contributed by atoms with van der Waals surface area (Å²) >= 11 is 13.5. The molecule has 0 saturated heterocycles. The number of nitrogens with two attached hydrogens (primary N) is 1. The molecule has 0 aromatic heterocycles. The number of hydrogen-bond donors (Lipinski definition) is 4. The van der Waals surface area contributed by atoms with E-state index >= 15 is 0 Å². The molecule has 3 aromatic rings. The molecular weight excluding hydrogens is 485 g/mol. The van der Waals surface area contributed by atoms with Gasteiger partial charge in [-0.1, -0.05) is 69.1 Å². The third-order valence-electron chi connectivity index (χ3n) is 6.37. The quantitative estimate of drug-likeness (QED) is 0.292. The summed E-state index contributed by atoms with van der Waals surface area (Å²) in [5.74, 6) is -1.49. The summed E-state index contributed by atoms with van der Waals surface area (Å²) in [6, 6.07) is 14.0. The Kier molecular flexibility index (Phi) is 6.47. The van der Waals surface area contributed by atoms with Gasteiger partial charge in [0.15, 0.2) is 5.66 Å². The van der Waals surface area contributed by atoms with E-state index < -0.39 is 17.5 Å². The predicted octanol–water partition coefficient (Wildman–Crippen LogP) is 6.78. The molecule has 1 heterocycles. The molecule has 8 heteroatoms. The molecule has 0 spiro atoms. The second kappa shape index (κ2) is 9.10. The fourth-order valence-corrected chi connectivity index (χ4v) is 5.38. The third kappa shape index (κ3) is 4.21. The Balaban J connectivity index is 2.07. The van der Waals surface area contributed by atoms with Gasteiger partial charge >= 0.3 is 5.97 Å². The van der Waals surface area contributed by atoms with Crippen LogP contribution < -0.4 is 16.4 Å². The van der Waals surface area contributed by atoms with Crippen LogP contribution in [0.25, 0.3) is 0 Å². The van der Waals surface area contributed by atoms with Gasteiger partial charge in [0, 0.05) is 26.7 Å². The van der Waals surface area contributed by atoms with Gasteiger partial charge in [-0.15, -0.1) is 0 Å². The Labute approximate surface area is 214 Å². The smallest absolute Gasteiger partial charge is 0.335 e. The van der Waals surface area contributed by atoms with E-state index in [1.165, 1.54) is 6.07 Å². The minimum atomic E-state index is -1.13. The number of carboxylic acids is 1. The number of primary amides is 1. The summed E-state index contributed by atoms with van der Waals surface area (Å²) < 4.78 is 0. The van der Waals surface area contributed by atoms with Crippen LogP contribution in [-0.2, 0) is 5.66 Å². The summed E-state index contributed by atoms with van der Waals surface area (Å²) in [6.07, 6.45) is 0. The van der Waals surface area contributed by atoms with Crippen molar-refractivity contribution in [2.75, 3.05) is 10.6 Å². The number of carboxylic acid groups (broad SMARTS) is 1. The van der Waals surface area contributed by atoms with Crippen LogP contribution in [0.4, 0.5) is 11.4 Å². The molecule has 0 saturated carbocycles. The molecule has 1 atom stereocenters. The van der Waals surface area contributed by atoms with Gasteiger partial charge in [0.05, 0.1) is 16.9 Å². The fraction of sp³-hybridized carbons (Fsp3) is 0.259. The van der Waals surface area contributed by atoms with Crippen molar-refractivity contribution < 1.29 is 14.7 Å². The van der Waals surface area contributed by atoms with E-state index in [4.69, 9.17) is 28.9 Å². The summed E-state index contributed by atoms with van der Waals surface area (Å²) in [5, 5.41) is 17.4.